The van der Waals surface area contributed by atoms with Crippen molar-refractivity contribution in [1.29, 1.82) is 0 Å². The van der Waals surface area contributed by atoms with E-state index in [-0.39, 0.29) is 45.1 Å². The number of likely N-dealkylation sites (tertiary alicyclic amines) is 1. The molecule has 2 atom stereocenters. The summed E-state index contributed by atoms with van der Waals surface area (Å²) in [4.78, 5) is 22.6. The first-order chi connectivity index (χ1) is 13.9. The SMILES string of the molecule is CC1(C)C[C@@H]2C[C@](C)(CN2C(=O)CSc2nc(-c3ccco3)cc(C(F)(F)F)n2)C1. The summed E-state index contributed by atoms with van der Waals surface area (Å²) >= 11 is 0.935. The molecule has 5 nitrogen and oxygen atoms in total. The molecule has 1 aliphatic heterocycles. The van der Waals surface area contributed by atoms with Crippen LogP contribution in [0.25, 0.3) is 11.5 Å². The Kier molecular flexibility index (Phi) is 5.15. The Hall–Kier alpha value is -2.03. The maximum absolute atomic E-state index is 13.3. The van der Waals surface area contributed by atoms with Gasteiger partial charge in [-0.3, -0.25) is 4.79 Å². The topological polar surface area (TPSA) is 59.2 Å². The third-order valence-corrected chi connectivity index (χ3v) is 6.66. The Morgan fingerprint density at radius 2 is 2.07 bits per heavy atom. The van der Waals surface area contributed by atoms with Crippen LogP contribution in [0.15, 0.2) is 34.0 Å². The molecule has 0 spiro atoms. The lowest BCUT2D eigenvalue weighted by Gasteiger charge is -2.39. The van der Waals surface area contributed by atoms with Gasteiger partial charge in [0.1, 0.15) is 11.4 Å². The van der Waals surface area contributed by atoms with Crippen molar-refractivity contribution in [3.05, 3.63) is 30.2 Å². The Morgan fingerprint density at radius 1 is 1.30 bits per heavy atom. The summed E-state index contributed by atoms with van der Waals surface area (Å²) in [5, 5.41) is -0.0849. The van der Waals surface area contributed by atoms with Crippen LogP contribution in [-0.4, -0.2) is 39.1 Å². The van der Waals surface area contributed by atoms with Gasteiger partial charge >= 0.3 is 6.18 Å². The fourth-order valence-corrected chi connectivity index (χ4v) is 5.89. The molecule has 2 fully saturated rings. The van der Waals surface area contributed by atoms with Gasteiger partial charge in [-0.25, -0.2) is 9.97 Å². The number of carbonyl (C=O) groups is 1. The molecule has 1 amide bonds. The molecule has 2 aromatic rings. The average Bonchev–Trinajstić information content (AvgIpc) is 3.24. The average molecular weight is 440 g/mol. The van der Waals surface area contributed by atoms with E-state index in [9.17, 15) is 18.0 Å². The lowest BCUT2D eigenvalue weighted by molar-refractivity contribution is -0.141. The number of fused-ring (bicyclic) bond motifs is 2. The highest BCUT2D eigenvalue weighted by Gasteiger charge is 2.50. The van der Waals surface area contributed by atoms with Crippen LogP contribution in [-0.2, 0) is 11.0 Å². The molecule has 1 aliphatic carbocycles. The van der Waals surface area contributed by atoms with E-state index < -0.39 is 11.9 Å². The summed E-state index contributed by atoms with van der Waals surface area (Å²) in [6.45, 7) is 7.37. The van der Waals surface area contributed by atoms with E-state index in [0.717, 1.165) is 37.1 Å². The quantitative estimate of drug-likeness (QED) is 0.480. The molecule has 0 N–H and O–H groups in total. The Labute approximate surface area is 177 Å². The molecular weight excluding hydrogens is 415 g/mol. The molecule has 2 bridgehead atoms. The third-order valence-electron chi connectivity index (χ3n) is 5.83. The first-order valence-electron chi connectivity index (χ1n) is 9.87. The predicted octanol–water partition coefficient (Wildman–Crippen LogP) is 5.27. The lowest BCUT2D eigenvalue weighted by Crippen LogP contribution is -2.38. The molecule has 2 aromatic heterocycles. The number of furan rings is 1. The van der Waals surface area contributed by atoms with Crippen molar-refractivity contribution in [2.24, 2.45) is 10.8 Å². The van der Waals surface area contributed by atoms with Gasteiger partial charge in [0.25, 0.3) is 0 Å². The number of aromatic nitrogens is 2. The molecule has 30 heavy (non-hydrogen) atoms. The molecule has 0 radical (unpaired) electrons. The normalized spacial score (nSPS) is 25.5. The molecule has 1 saturated heterocycles. The van der Waals surface area contributed by atoms with Crippen LogP contribution >= 0.6 is 11.8 Å². The van der Waals surface area contributed by atoms with Crippen LogP contribution in [0, 0.1) is 10.8 Å². The first kappa shape index (κ1) is 21.2. The highest BCUT2D eigenvalue weighted by Crippen LogP contribution is 2.52. The minimum absolute atomic E-state index is 0.00587. The van der Waals surface area contributed by atoms with Crippen molar-refractivity contribution in [2.75, 3.05) is 12.3 Å². The summed E-state index contributed by atoms with van der Waals surface area (Å²) < 4.78 is 45.1. The maximum atomic E-state index is 13.3. The number of halogens is 3. The van der Waals surface area contributed by atoms with Crippen molar-refractivity contribution in [2.45, 2.75) is 57.4 Å². The fraction of sp³-hybridized carbons (Fsp3) is 0.571. The van der Waals surface area contributed by atoms with Crippen LogP contribution in [0.1, 0.15) is 45.7 Å². The van der Waals surface area contributed by atoms with Crippen molar-refractivity contribution >= 4 is 17.7 Å². The van der Waals surface area contributed by atoms with Gasteiger partial charge in [-0.2, -0.15) is 13.2 Å². The Morgan fingerprint density at radius 3 is 2.73 bits per heavy atom. The number of thioether (sulfide) groups is 1. The number of nitrogens with zero attached hydrogens (tertiary/aromatic N) is 3. The van der Waals surface area contributed by atoms with Gasteiger partial charge in [-0.05, 0) is 48.3 Å². The number of amides is 1. The van der Waals surface area contributed by atoms with Gasteiger partial charge in [-0.1, -0.05) is 32.5 Å². The predicted molar refractivity (Wildman–Crippen MR) is 107 cm³/mol. The number of hydrogen-bond donors (Lipinski definition) is 0. The highest BCUT2D eigenvalue weighted by atomic mass is 32.2. The van der Waals surface area contributed by atoms with Crippen LogP contribution in [0.2, 0.25) is 0 Å². The molecule has 162 valence electrons. The van der Waals surface area contributed by atoms with E-state index in [1.165, 1.54) is 12.3 Å². The molecule has 3 heterocycles. The van der Waals surface area contributed by atoms with Crippen LogP contribution in [0.4, 0.5) is 13.2 Å². The first-order valence-corrected chi connectivity index (χ1v) is 10.9. The standard InChI is InChI=1S/C21H24F3N3O2S/c1-19(2)8-13-9-20(3,11-19)12-27(13)17(28)10-30-18-25-14(15-5-4-6-29-15)7-16(26-18)21(22,23)24/h4-7,13H,8-12H2,1-3H3/t13-,20+/m1/s1. The van der Waals surface area contributed by atoms with Gasteiger partial charge in [0.15, 0.2) is 10.9 Å². The zero-order chi connectivity index (χ0) is 21.7. The monoisotopic (exact) mass is 439 g/mol. The van der Waals surface area contributed by atoms with Crippen molar-refractivity contribution in [3.8, 4) is 11.5 Å². The molecule has 0 aromatic carbocycles. The zero-order valence-corrected chi connectivity index (χ0v) is 17.9. The molecule has 4 rings (SSSR count). The largest absolute Gasteiger partial charge is 0.463 e. The van der Waals surface area contributed by atoms with Gasteiger partial charge in [0.05, 0.1) is 12.0 Å². The van der Waals surface area contributed by atoms with Crippen LogP contribution < -0.4 is 0 Å². The minimum Gasteiger partial charge on any atom is -0.463 e. The number of alkyl halides is 3. The van der Waals surface area contributed by atoms with E-state index in [1.807, 2.05) is 4.90 Å². The second-order valence-electron chi connectivity index (χ2n) is 9.42. The summed E-state index contributed by atoms with van der Waals surface area (Å²) in [6, 6.07) is 4.16. The molecule has 0 unspecified atom stereocenters. The van der Waals surface area contributed by atoms with Gasteiger partial charge in [0, 0.05) is 12.6 Å². The number of rotatable bonds is 4. The van der Waals surface area contributed by atoms with Crippen molar-refractivity contribution in [3.63, 3.8) is 0 Å². The molecule has 2 aliphatic rings. The van der Waals surface area contributed by atoms with E-state index in [0.29, 0.717) is 6.54 Å². The van der Waals surface area contributed by atoms with Gasteiger partial charge < -0.3 is 9.32 Å². The fourth-order valence-electron chi connectivity index (χ4n) is 5.15. The molecule has 1 saturated carbocycles. The highest BCUT2D eigenvalue weighted by molar-refractivity contribution is 7.99. The lowest BCUT2D eigenvalue weighted by atomic mass is 9.65. The van der Waals surface area contributed by atoms with E-state index >= 15 is 0 Å². The van der Waals surface area contributed by atoms with E-state index in [4.69, 9.17) is 4.42 Å². The zero-order valence-electron chi connectivity index (χ0n) is 17.1. The molecule has 9 heteroatoms. The summed E-state index contributed by atoms with van der Waals surface area (Å²) in [5.74, 6) is 0.151. The second kappa shape index (κ2) is 7.28. The number of hydrogen-bond acceptors (Lipinski definition) is 5. The minimum atomic E-state index is -4.62. The smallest absolute Gasteiger partial charge is 0.433 e. The van der Waals surface area contributed by atoms with Crippen LogP contribution in [0.5, 0.6) is 0 Å². The summed E-state index contributed by atoms with van der Waals surface area (Å²) in [7, 11) is 0. The maximum Gasteiger partial charge on any atom is 0.433 e. The molecular formula is C21H24F3N3O2S. The summed E-state index contributed by atoms with van der Waals surface area (Å²) in [6.07, 6.45) is -0.252. The Balaban J connectivity index is 1.51. The Bertz CT molecular complexity index is 945. The third kappa shape index (κ3) is 4.36. The second-order valence-corrected chi connectivity index (χ2v) is 10.4. The summed E-state index contributed by atoms with van der Waals surface area (Å²) in [5.41, 5.74) is -0.720. The van der Waals surface area contributed by atoms with Gasteiger partial charge in [0.2, 0.25) is 5.91 Å². The number of carbonyl (C=O) groups excluding carboxylic acids is 1. The van der Waals surface area contributed by atoms with E-state index in [2.05, 4.69) is 30.7 Å². The van der Waals surface area contributed by atoms with E-state index in [1.54, 1.807) is 6.07 Å². The van der Waals surface area contributed by atoms with Crippen LogP contribution in [0.3, 0.4) is 0 Å². The van der Waals surface area contributed by atoms with Crippen molar-refractivity contribution in [1.82, 2.24) is 14.9 Å². The van der Waals surface area contributed by atoms with Crippen molar-refractivity contribution < 1.29 is 22.4 Å². The van der Waals surface area contributed by atoms with Gasteiger partial charge in [-0.15, -0.1) is 0 Å².